The van der Waals surface area contributed by atoms with E-state index in [9.17, 15) is 5.11 Å². The van der Waals surface area contributed by atoms with Crippen LogP contribution in [0.2, 0.25) is 0 Å². The van der Waals surface area contributed by atoms with E-state index in [4.69, 9.17) is 14.2 Å². The zero-order chi connectivity index (χ0) is 11.7. The van der Waals surface area contributed by atoms with Crippen LogP contribution in [0.5, 0.6) is 0 Å². The van der Waals surface area contributed by atoms with Crippen molar-refractivity contribution in [1.82, 2.24) is 0 Å². The molecule has 3 rings (SSSR count). The third-order valence-electron chi connectivity index (χ3n) is 3.20. The van der Waals surface area contributed by atoms with Crippen molar-refractivity contribution in [2.75, 3.05) is 13.2 Å². The molecule has 0 radical (unpaired) electrons. The first-order chi connectivity index (χ1) is 8.33. The third-order valence-corrected chi connectivity index (χ3v) is 3.20. The van der Waals surface area contributed by atoms with Gasteiger partial charge in [-0.25, -0.2) is 0 Å². The number of hydrogen-bond acceptors (Lipinski definition) is 4. The van der Waals surface area contributed by atoms with E-state index in [-0.39, 0.29) is 18.5 Å². The van der Waals surface area contributed by atoms with Crippen LogP contribution in [0.25, 0.3) is 0 Å². The fourth-order valence-corrected chi connectivity index (χ4v) is 2.29. The van der Waals surface area contributed by atoms with E-state index in [1.54, 1.807) is 0 Å². The lowest BCUT2D eigenvalue weighted by Gasteiger charge is -2.40. The summed E-state index contributed by atoms with van der Waals surface area (Å²) in [5.74, 6) is 0. The fourth-order valence-electron chi connectivity index (χ4n) is 2.29. The molecule has 0 bridgehead atoms. The smallest absolute Gasteiger partial charge is 0.184 e. The van der Waals surface area contributed by atoms with Crippen LogP contribution < -0.4 is 0 Å². The molecule has 2 aliphatic rings. The molecule has 0 aliphatic carbocycles. The minimum Gasteiger partial charge on any atom is -0.391 e. The molecule has 2 fully saturated rings. The van der Waals surface area contributed by atoms with Gasteiger partial charge in [-0.15, -0.1) is 0 Å². The van der Waals surface area contributed by atoms with Crippen LogP contribution in [0.3, 0.4) is 0 Å². The Balaban J connectivity index is 1.70. The molecular formula is C13H16O4. The number of ether oxygens (including phenoxy) is 3. The van der Waals surface area contributed by atoms with Gasteiger partial charge in [0.15, 0.2) is 6.29 Å². The summed E-state index contributed by atoms with van der Waals surface area (Å²) in [5.41, 5.74) is 1.01. The lowest BCUT2D eigenvalue weighted by Crippen LogP contribution is -2.49. The number of aliphatic hydroxyl groups excluding tert-OH is 1. The van der Waals surface area contributed by atoms with Crippen LogP contribution >= 0.6 is 0 Å². The zero-order valence-electron chi connectivity index (χ0n) is 9.49. The van der Waals surface area contributed by atoms with Gasteiger partial charge >= 0.3 is 0 Å². The maximum absolute atomic E-state index is 9.56. The van der Waals surface area contributed by atoms with Crippen LogP contribution in [0, 0.1) is 0 Å². The maximum Gasteiger partial charge on any atom is 0.184 e. The van der Waals surface area contributed by atoms with Crippen LogP contribution in [-0.2, 0) is 14.2 Å². The van der Waals surface area contributed by atoms with Gasteiger partial charge in [-0.3, -0.25) is 0 Å². The summed E-state index contributed by atoms with van der Waals surface area (Å²) in [6.07, 6.45) is -0.259. The predicted molar refractivity (Wildman–Crippen MR) is 60.4 cm³/mol. The van der Waals surface area contributed by atoms with Gasteiger partial charge in [0.2, 0.25) is 0 Å². The summed E-state index contributed by atoms with van der Waals surface area (Å²) in [5, 5.41) is 9.56. The van der Waals surface area contributed by atoms with Crippen LogP contribution in [0.15, 0.2) is 30.3 Å². The molecule has 3 unspecified atom stereocenters. The number of hydrogen-bond donors (Lipinski definition) is 1. The molecule has 4 atom stereocenters. The second-order valence-corrected chi connectivity index (χ2v) is 4.51. The van der Waals surface area contributed by atoms with Crippen molar-refractivity contribution in [2.45, 2.75) is 31.0 Å². The number of fused-ring (bicyclic) bond motifs is 1. The minimum atomic E-state index is -0.425. The van der Waals surface area contributed by atoms with E-state index >= 15 is 0 Å². The van der Waals surface area contributed by atoms with E-state index in [1.165, 1.54) is 0 Å². The largest absolute Gasteiger partial charge is 0.391 e. The molecule has 0 amide bonds. The van der Waals surface area contributed by atoms with E-state index in [0.29, 0.717) is 19.6 Å². The van der Waals surface area contributed by atoms with E-state index < -0.39 is 6.10 Å². The first-order valence-corrected chi connectivity index (χ1v) is 5.94. The Hall–Kier alpha value is -0.940. The van der Waals surface area contributed by atoms with Crippen LogP contribution in [0.1, 0.15) is 18.3 Å². The Morgan fingerprint density at radius 3 is 2.65 bits per heavy atom. The van der Waals surface area contributed by atoms with Gasteiger partial charge < -0.3 is 19.3 Å². The molecule has 17 heavy (non-hydrogen) atoms. The van der Waals surface area contributed by atoms with Crippen molar-refractivity contribution in [3.8, 4) is 0 Å². The molecule has 2 saturated heterocycles. The van der Waals surface area contributed by atoms with Gasteiger partial charge in [-0.05, 0) is 0 Å². The van der Waals surface area contributed by atoms with Crippen molar-refractivity contribution >= 4 is 0 Å². The van der Waals surface area contributed by atoms with Gasteiger partial charge in [0.1, 0.15) is 6.10 Å². The van der Waals surface area contributed by atoms with E-state index in [1.807, 2.05) is 30.3 Å². The predicted octanol–water partition coefficient (Wildman–Crippen LogP) is 1.25. The average Bonchev–Trinajstić information content (AvgIpc) is 2.39. The monoisotopic (exact) mass is 236 g/mol. The number of benzene rings is 1. The van der Waals surface area contributed by atoms with Gasteiger partial charge in [0.25, 0.3) is 0 Å². The number of aliphatic hydroxyl groups is 1. The molecule has 2 heterocycles. The first-order valence-electron chi connectivity index (χ1n) is 5.94. The summed E-state index contributed by atoms with van der Waals surface area (Å²) < 4.78 is 17.0. The van der Waals surface area contributed by atoms with Crippen molar-refractivity contribution in [1.29, 1.82) is 0 Å². The fraction of sp³-hybridized carbons (Fsp3) is 0.538. The lowest BCUT2D eigenvalue weighted by atomic mass is 10.0. The second kappa shape index (κ2) is 4.74. The summed E-state index contributed by atoms with van der Waals surface area (Å²) in [7, 11) is 0. The Bertz CT molecular complexity index is 367. The molecule has 2 aliphatic heterocycles. The van der Waals surface area contributed by atoms with E-state index in [0.717, 1.165) is 5.56 Å². The van der Waals surface area contributed by atoms with Gasteiger partial charge in [0, 0.05) is 12.0 Å². The normalized spacial score (nSPS) is 37.5. The van der Waals surface area contributed by atoms with Gasteiger partial charge in [-0.2, -0.15) is 0 Å². The molecular weight excluding hydrogens is 220 g/mol. The Kier molecular flexibility index (Phi) is 3.11. The lowest BCUT2D eigenvalue weighted by molar-refractivity contribution is -0.288. The molecule has 0 aromatic heterocycles. The minimum absolute atomic E-state index is 0.0432. The quantitative estimate of drug-likeness (QED) is 0.797. The first kappa shape index (κ1) is 11.2. The van der Waals surface area contributed by atoms with Crippen molar-refractivity contribution in [3.05, 3.63) is 35.9 Å². The summed E-state index contributed by atoms with van der Waals surface area (Å²) in [6.45, 7) is 0.904. The van der Waals surface area contributed by atoms with Crippen molar-refractivity contribution in [2.24, 2.45) is 0 Å². The maximum atomic E-state index is 9.56. The summed E-state index contributed by atoms with van der Waals surface area (Å²) in [4.78, 5) is 0. The topological polar surface area (TPSA) is 47.9 Å². The van der Waals surface area contributed by atoms with Crippen molar-refractivity contribution in [3.63, 3.8) is 0 Å². The molecule has 0 saturated carbocycles. The van der Waals surface area contributed by atoms with Crippen molar-refractivity contribution < 1.29 is 19.3 Å². The Labute approximate surface area is 100 Å². The summed E-state index contributed by atoms with van der Waals surface area (Å²) >= 11 is 0. The molecule has 4 nitrogen and oxygen atoms in total. The molecule has 92 valence electrons. The average molecular weight is 236 g/mol. The summed E-state index contributed by atoms with van der Waals surface area (Å²) in [6, 6.07) is 9.83. The van der Waals surface area contributed by atoms with E-state index in [2.05, 4.69) is 0 Å². The standard InChI is InChI=1S/C13H16O4/c14-10-6-11-12(15-7-10)8-16-13(17-11)9-4-2-1-3-5-9/h1-5,10-14H,6-8H2/t10?,11?,12-,13?/m1/s1. The second-order valence-electron chi connectivity index (χ2n) is 4.51. The molecule has 1 aromatic rings. The number of rotatable bonds is 1. The molecule has 4 heteroatoms. The van der Waals surface area contributed by atoms with Gasteiger partial charge in [-0.1, -0.05) is 30.3 Å². The molecule has 1 aromatic carbocycles. The van der Waals surface area contributed by atoms with Crippen LogP contribution in [0.4, 0.5) is 0 Å². The highest BCUT2D eigenvalue weighted by atomic mass is 16.7. The Morgan fingerprint density at radius 2 is 1.82 bits per heavy atom. The van der Waals surface area contributed by atoms with Crippen LogP contribution in [-0.4, -0.2) is 36.6 Å². The highest BCUT2D eigenvalue weighted by Crippen LogP contribution is 2.31. The zero-order valence-corrected chi connectivity index (χ0v) is 9.49. The highest BCUT2D eigenvalue weighted by molar-refractivity contribution is 5.16. The van der Waals surface area contributed by atoms with Gasteiger partial charge in [0.05, 0.1) is 25.4 Å². The Morgan fingerprint density at radius 1 is 1.00 bits per heavy atom. The highest BCUT2D eigenvalue weighted by Gasteiger charge is 2.37. The third kappa shape index (κ3) is 2.35. The molecule has 1 N–H and O–H groups in total. The molecule has 0 spiro atoms. The SMILES string of the molecule is OC1CO[C@@H]2COC(c3ccccc3)OC2C1.